The maximum absolute atomic E-state index is 13.7. The first-order chi connectivity index (χ1) is 20.0. The zero-order valence-electron chi connectivity index (χ0n) is 23.0. The quantitative estimate of drug-likeness (QED) is 0.179. The second-order valence-corrected chi connectivity index (χ2v) is 12.1. The summed E-state index contributed by atoms with van der Waals surface area (Å²) in [4.78, 5) is 61.7. The van der Waals surface area contributed by atoms with Gasteiger partial charge in [0.1, 0.15) is 29.8 Å². The molecule has 0 fully saturated rings. The fourth-order valence-corrected chi connectivity index (χ4v) is 5.94. The van der Waals surface area contributed by atoms with E-state index in [0.717, 1.165) is 17.7 Å². The number of carbonyl (C=O) groups is 4. The number of aryl methyl sites for hydroxylation is 1. The first kappa shape index (κ1) is 32.2. The van der Waals surface area contributed by atoms with Gasteiger partial charge in [0.05, 0.1) is 0 Å². The van der Waals surface area contributed by atoms with E-state index in [9.17, 15) is 33.0 Å². The molecule has 2 unspecified atom stereocenters. The Morgan fingerprint density at radius 3 is 2.12 bits per heavy atom. The maximum Gasteiger partial charge on any atom is 0.252 e. The van der Waals surface area contributed by atoms with Crippen LogP contribution in [0.2, 0.25) is 0 Å². The molecule has 0 aromatic heterocycles. The molecule has 3 aromatic rings. The lowest BCUT2D eigenvalue weighted by molar-refractivity contribution is -0.131. The van der Waals surface area contributed by atoms with Crippen LogP contribution >= 0.6 is 7.37 Å². The summed E-state index contributed by atoms with van der Waals surface area (Å²) in [6.07, 6.45) is -0.0816. The number of primary amides is 1. The summed E-state index contributed by atoms with van der Waals surface area (Å²) in [6.45, 7) is 1.62. The Labute approximate surface area is 243 Å². The third-order valence-electron chi connectivity index (χ3n) is 6.53. The highest BCUT2D eigenvalue weighted by molar-refractivity contribution is 7.59. The van der Waals surface area contributed by atoms with Gasteiger partial charge in [0.15, 0.2) is 0 Å². The molecule has 0 saturated carbocycles. The Hall–Kier alpha value is -4.34. The summed E-state index contributed by atoms with van der Waals surface area (Å²) >= 11 is 0. The van der Waals surface area contributed by atoms with E-state index in [-0.39, 0.29) is 24.0 Å². The second kappa shape index (κ2) is 15.0. The van der Waals surface area contributed by atoms with Crippen molar-refractivity contribution in [3.05, 3.63) is 107 Å². The zero-order valence-corrected chi connectivity index (χ0v) is 23.9. The summed E-state index contributed by atoms with van der Waals surface area (Å²) in [7, 11) is -4.50. The monoisotopic (exact) mass is 596 g/mol. The fourth-order valence-electron chi connectivity index (χ4n) is 4.29. The van der Waals surface area contributed by atoms with Gasteiger partial charge >= 0.3 is 0 Å². The van der Waals surface area contributed by atoms with E-state index in [1.807, 2.05) is 30.3 Å². The van der Waals surface area contributed by atoms with E-state index in [2.05, 4.69) is 16.0 Å². The van der Waals surface area contributed by atoms with Crippen molar-refractivity contribution in [2.24, 2.45) is 5.73 Å². The Morgan fingerprint density at radius 1 is 0.881 bits per heavy atom. The minimum Gasteiger partial charge on any atom is -0.368 e. The van der Waals surface area contributed by atoms with Crippen molar-refractivity contribution < 1.29 is 33.0 Å². The van der Waals surface area contributed by atoms with Gasteiger partial charge in [0, 0.05) is 5.56 Å². The van der Waals surface area contributed by atoms with Gasteiger partial charge in [-0.1, -0.05) is 73.7 Å². The zero-order chi connectivity index (χ0) is 30.7. The van der Waals surface area contributed by atoms with E-state index in [1.54, 1.807) is 25.1 Å². The molecule has 4 amide bonds. The van der Waals surface area contributed by atoms with Gasteiger partial charge in [-0.25, -0.2) is 4.39 Å². The largest absolute Gasteiger partial charge is 0.368 e. The van der Waals surface area contributed by atoms with Crippen LogP contribution in [0.4, 0.5) is 4.39 Å². The molecule has 3 rings (SSSR count). The van der Waals surface area contributed by atoms with Gasteiger partial charge in [-0.2, -0.15) is 0 Å². The molecule has 0 heterocycles. The van der Waals surface area contributed by atoms with Crippen molar-refractivity contribution in [2.45, 2.75) is 44.1 Å². The topological polar surface area (TPSA) is 168 Å². The maximum atomic E-state index is 13.7. The Bertz CT molecular complexity index is 1440. The molecule has 0 saturated heterocycles. The Balaban J connectivity index is 1.69. The standard InChI is InChI=1S/C30H34FN4O6P/c1-2-24(29(39)34-25(27(32)37)17-16-20-10-5-3-6-11-20)33-26(36)19-42(40,41)30(21-12-7-4-8-13-21)35-28(38)22-14-9-15-23(31)18-22/h3-15,18,24-25,30H,2,16-17,19H2,1H3,(H2,32,37)(H,33,36)(H,34,39)(H,35,38)(H,40,41)/t24-,25-,30?/m0/s1. The summed E-state index contributed by atoms with van der Waals surface area (Å²) in [5.74, 6) is -5.28. The van der Waals surface area contributed by atoms with Crippen molar-refractivity contribution in [3.8, 4) is 0 Å². The minimum atomic E-state index is -4.50. The molecule has 4 atom stereocenters. The second-order valence-electron chi connectivity index (χ2n) is 9.73. The third kappa shape index (κ3) is 9.36. The van der Waals surface area contributed by atoms with Crippen LogP contribution < -0.4 is 21.7 Å². The highest BCUT2D eigenvalue weighted by Gasteiger charge is 2.37. The molecule has 10 nitrogen and oxygen atoms in total. The molecule has 0 aliphatic heterocycles. The number of amides is 4. The van der Waals surface area contributed by atoms with Gasteiger partial charge < -0.3 is 26.6 Å². The fraction of sp³-hybridized carbons (Fsp3) is 0.267. The number of carbonyl (C=O) groups excluding carboxylic acids is 4. The summed E-state index contributed by atoms with van der Waals surface area (Å²) in [5, 5.41) is 7.45. The first-order valence-electron chi connectivity index (χ1n) is 13.4. The summed E-state index contributed by atoms with van der Waals surface area (Å²) in [5.41, 5.74) is 6.63. The number of benzene rings is 3. The van der Waals surface area contributed by atoms with Crippen molar-refractivity contribution in [1.82, 2.24) is 16.0 Å². The van der Waals surface area contributed by atoms with E-state index < -0.39 is 60.8 Å². The number of hydrogen-bond acceptors (Lipinski definition) is 5. The Kier molecular flexibility index (Phi) is 11.5. The normalized spacial score (nSPS) is 14.5. The van der Waals surface area contributed by atoms with Crippen molar-refractivity contribution in [1.29, 1.82) is 0 Å². The number of hydrogen-bond donors (Lipinski definition) is 5. The molecule has 0 spiro atoms. The van der Waals surface area contributed by atoms with E-state index in [1.165, 1.54) is 24.3 Å². The third-order valence-corrected chi connectivity index (χ3v) is 8.50. The van der Waals surface area contributed by atoms with E-state index in [0.29, 0.717) is 6.42 Å². The number of nitrogens with one attached hydrogen (secondary N) is 3. The molecule has 0 aliphatic rings. The number of rotatable bonds is 14. The van der Waals surface area contributed by atoms with Crippen LogP contribution in [0.3, 0.4) is 0 Å². The lowest BCUT2D eigenvalue weighted by Gasteiger charge is -2.26. The van der Waals surface area contributed by atoms with Crippen molar-refractivity contribution in [3.63, 3.8) is 0 Å². The minimum absolute atomic E-state index is 0.0700. The summed E-state index contributed by atoms with van der Waals surface area (Å²) in [6, 6.07) is 19.9. The molecular formula is C30H34FN4O6P. The first-order valence-corrected chi connectivity index (χ1v) is 15.3. The molecule has 0 radical (unpaired) electrons. The van der Waals surface area contributed by atoms with Crippen LogP contribution in [0.15, 0.2) is 84.9 Å². The van der Waals surface area contributed by atoms with Crippen LogP contribution in [0.5, 0.6) is 0 Å². The van der Waals surface area contributed by atoms with Gasteiger partial charge in [0.2, 0.25) is 25.1 Å². The smallest absolute Gasteiger partial charge is 0.252 e. The van der Waals surface area contributed by atoms with Gasteiger partial charge in [-0.05, 0) is 48.6 Å². The van der Waals surface area contributed by atoms with Crippen LogP contribution in [0.1, 0.15) is 47.0 Å². The average Bonchev–Trinajstić information content (AvgIpc) is 2.97. The highest BCUT2D eigenvalue weighted by Crippen LogP contribution is 2.53. The van der Waals surface area contributed by atoms with E-state index in [4.69, 9.17) is 5.73 Å². The molecule has 3 aromatic carbocycles. The average molecular weight is 597 g/mol. The van der Waals surface area contributed by atoms with Gasteiger partial charge in [-0.3, -0.25) is 23.7 Å². The summed E-state index contributed by atoms with van der Waals surface area (Å²) < 4.78 is 27.2. The van der Waals surface area contributed by atoms with Crippen LogP contribution in [0.25, 0.3) is 0 Å². The van der Waals surface area contributed by atoms with Gasteiger partial charge in [-0.15, -0.1) is 0 Å². The molecule has 6 N–H and O–H groups in total. The molecule has 0 bridgehead atoms. The van der Waals surface area contributed by atoms with Crippen molar-refractivity contribution >= 4 is 31.0 Å². The predicted molar refractivity (Wildman–Crippen MR) is 156 cm³/mol. The van der Waals surface area contributed by atoms with Crippen LogP contribution in [0, 0.1) is 5.82 Å². The van der Waals surface area contributed by atoms with Crippen molar-refractivity contribution in [2.75, 3.05) is 6.16 Å². The van der Waals surface area contributed by atoms with Gasteiger partial charge in [0.25, 0.3) is 5.91 Å². The molecular weight excluding hydrogens is 562 g/mol. The lowest BCUT2D eigenvalue weighted by atomic mass is 10.0. The molecule has 222 valence electrons. The molecule has 0 aliphatic carbocycles. The molecule has 42 heavy (non-hydrogen) atoms. The predicted octanol–water partition coefficient (Wildman–Crippen LogP) is 3.02. The lowest BCUT2D eigenvalue weighted by Crippen LogP contribution is -2.53. The van der Waals surface area contributed by atoms with Crippen LogP contribution in [-0.2, 0) is 25.4 Å². The number of halogens is 1. The van der Waals surface area contributed by atoms with E-state index >= 15 is 0 Å². The van der Waals surface area contributed by atoms with Crippen LogP contribution in [-0.4, -0.2) is 46.8 Å². The number of nitrogens with two attached hydrogens (primary N) is 1. The highest BCUT2D eigenvalue weighted by atomic mass is 31.2. The SMILES string of the molecule is CC[C@H](NC(=O)CP(=O)(O)C(NC(=O)c1cccc(F)c1)c1ccccc1)C(=O)N[C@@H](CCc1ccccc1)C(N)=O. The molecule has 12 heteroatoms. The Morgan fingerprint density at radius 2 is 1.52 bits per heavy atom.